The van der Waals surface area contributed by atoms with Crippen LogP contribution < -0.4 is 0 Å². The number of ketones is 1. The first-order valence-corrected chi connectivity index (χ1v) is 6.86. The fourth-order valence-corrected chi connectivity index (χ4v) is 2.73. The molecule has 0 aromatic heterocycles. The largest absolute Gasteiger partial charge is 0.294 e. The van der Waals surface area contributed by atoms with Crippen molar-refractivity contribution in [1.29, 1.82) is 0 Å². The molecule has 1 atom stereocenters. The van der Waals surface area contributed by atoms with Crippen molar-refractivity contribution in [2.75, 3.05) is 0 Å². The Bertz CT molecular complexity index is 429. The smallest absolute Gasteiger partial charge is 0.164 e. The van der Waals surface area contributed by atoms with E-state index in [0.717, 1.165) is 12.0 Å². The maximum Gasteiger partial charge on any atom is 0.164 e. The van der Waals surface area contributed by atoms with E-state index < -0.39 is 0 Å². The fraction of sp³-hybridized carbons (Fsp3) is 0.562. The van der Waals surface area contributed by atoms with Crippen LogP contribution >= 0.6 is 11.6 Å². The molecule has 0 fully saturated rings. The van der Waals surface area contributed by atoms with Gasteiger partial charge in [0.25, 0.3) is 0 Å². The van der Waals surface area contributed by atoms with E-state index in [1.807, 2.05) is 25.1 Å². The number of hydrogen-bond acceptors (Lipinski definition) is 1. The highest BCUT2D eigenvalue weighted by atomic mass is 35.5. The van der Waals surface area contributed by atoms with Crippen LogP contribution in [0.5, 0.6) is 0 Å². The second-order valence-corrected chi connectivity index (χ2v) is 6.89. The first kappa shape index (κ1) is 15.2. The zero-order valence-corrected chi connectivity index (χ0v) is 12.8. The average molecular weight is 267 g/mol. The first-order valence-electron chi connectivity index (χ1n) is 6.48. The summed E-state index contributed by atoms with van der Waals surface area (Å²) in [5.41, 5.74) is 2.00. The topological polar surface area (TPSA) is 17.1 Å². The molecule has 0 aliphatic rings. The first-order chi connectivity index (χ1) is 8.19. The van der Waals surface area contributed by atoms with Gasteiger partial charge in [-0.05, 0) is 42.4 Å². The van der Waals surface area contributed by atoms with Gasteiger partial charge in [0.1, 0.15) is 0 Å². The third-order valence-corrected chi connectivity index (χ3v) is 3.23. The van der Waals surface area contributed by atoms with Gasteiger partial charge in [0.15, 0.2) is 5.78 Å². The Morgan fingerprint density at radius 3 is 2.44 bits per heavy atom. The Kier molecular flexibility index (Phi) is 4.98. The van der Waals surface area contributed by atoms with Crippen molar-refractivity contribution in [1.82, 2.24) is 0 Å². The molecule has 0 saturated carbocycles. The van der Waals surface area contributed by atoms with Gasteiger partial charge in [-0.3, -0.25) is 4.79 Å². The van der Waals surface area contributed by atoms with Crippen molar-refractivity contribution in [2.45, 2.75) is 47.5 Å². The molecule has 1 unspecified atom stereocenters. The van der Waals surface area contributed by atoms with E-state index >= 15 is 0 Å². The Morgan fingerprint density at radius 1 is 1.33 bits per heavy atom. The highest BCUT2D eigenvalue weighted by Crippen LogP contribution is 2.28. The van der Waals surface area contributed by atoms with Gasteiger partial charge in [-0.1, -0.05) is 45.4 Å². The van der Waals surface area contributed by atoms with E-state index in [4.69, 9.17) is 11.6 Å². The Morgan fingerprint density at radius 2 is 1.94 bits per heavy atom. The van der Waals surface area contributed by atoms with Gasteiger partial charge < -0.3 is 0 Å². The van der Waals surface area contributed by atoms with Crippen LogP contribution in [0.1, 0.15) is 56.5 Å². The molecular formula is C16H23ClO. The van der Waals surface area contributed by atoms with Gasteiger partial charge in [-0.2, -0.15) is 0 Å². The summed E-state index contributed by atoms with van der Waals surface area (Å²) in [7, 11) is 0. The minimum absolute atomic E-state index is 0.150. The van der Waals surface area contributed by atoms with Crippen molar-refractivity contribution in [3.05, 3.63) is 34.3 Å². The summed E-state index contributed by atoms with van der Waals surface area (Å²) in [5.74, 6) is 0.534. The minimum atomic E-state index is 0.150. The summed E-state index contributed by atoms with van der Waals surface area (Å²) in [5, 5.41) is 0.572. The van der Waals surface area contributed by atoms with E-state index in [9.17, 15) is 4.79 Å². The number of carbonyl (C=O) groups excluding carboxylic acids is 1. The van der Waals surface area contributed by atoms with E-state index in [1.54, 1.807) is 0 Å². The van der Waals surface area contributed by atoms with Crippen molar-refractivity contribution >= 4 is 17.4 Å². The van der Waals surface area contributed by atoms with Crippen LogP contribution in [-0.4, -0.2) is 5.78 Å². The summed E-state index contributed by atoms with van der Waals surface area (Å²) in [6, 6.07) is 5.63. The Hall–Kier alpha value is -0.820. The summed E-state index contributed by atoms with van der Waals surface area (Å²) in [6.45, 7) is 10.7. The van der Waals surface area contributed by atoms with Gasteiger partial charge in [0.05, 0.1) is 5.02 Å². The lowest BCUT2D eigenvalue weighted by Crippen LogP contribution is -2.14. The number of Topliss-reactive ketones (excluding diaryl/α,β-unsaturated/α-hetero) is 1. The fourth-order valence-electron chi connectivity index (χ4n) is 2.39. The van der Waals surface area contributed by atoms with E-state index in [2.05, 4.69) is 27.7 Å². The lowest BCUT2D eigenvalue weighted by atomic mass is 9.83. The minimum Gasteiger partial charge on any atom is -0.294 e. The highest BCUT2D eigenvalue weighted by Gasteiger charge is 2.19. The molecule has 1 aromatic rings. The van der Waals surface area contributed by atoms with E-state index in [-0.39, 0.29) is 11.2 Å². The molecule has 18 heavy (non-hydrogen) atoms. The lowest BCUT2D eigenvalue weighted by Gasteiger charge is -2.22. The van der Waals surface area contributed by atoms with Crippen LogP contribution in [0.25, 0.3) is 0 Å². The van der Waals surface area contributed by atoms with Crippen molar-refractivity contribution in [2.24, 2.45) is 11.3 Å². The zero-order chi connectivity index (χ0) is 13.9. The van der Waals surface area contributed by atoms with Crippen LogP contribution in [0, 0.1) is 18.3 Å². The van der Waals surface area contributed by atoms with Crippen LogP contribution in [-0.2, 0) is 0 Å². The third-order valence-electron chi connectivity index (χ3n) is 2.92. The number of hydrogen-bond donors (Lipinski definition) is 0. The standard InChI is InChI=1S/C16H23ClO/c1-11-6-7-13(14(17)8-11)15(18)9-12(2)10-16(3,4)5/h6-8,12H,9-10H2,1-5H3. The second-order valence-electron chi connectivity index (χ2n) is 6.48. The van der Waals surface area contributed by atoms with E-state index in [1.165, 1.54) is 0 Å². The second kappa shape index (κ2) is 5.88. The molecule has 1 rings (SSSR count). The molecule has 0 amide bonds. The number of benzene rings is 1. The lowest BCUT2D eigenvalue weighted by molar-refractivity contribution is 0.0954. The SMILES string of the molecule is Cc1ccc(C(=O)CC(C)CC(C)(C)C)c(Cl)c1. The van der Waals surface area contributed by atoms with Gasteiger partial charge in [0.2, 0.25) is 0 Å². The molecular weight excluding hydrogens is 244 g/mol. The predicted octanol–water partition coefficient (Wildman–Crippen LogP) is 5.29. The summed E-state index contributed by atoms with van der Waals surface area (Å²) < 4.78 is 0. The van der Waals surface area contributed by atoms with Crippen LogP contribution in [0.4, 0.5) is 0 Å². The van der Waals surface area contributed by atoms with Crippen molar-refractivity contribution in [3.63, 3.8) is 0 Å². The predicted molar refractivity (Wildman–Crippen MR) is 78.4 cm³/mol. The average Bonchev–Trinajstić information content (AvgIpc) is 2.13. The number of rotatable bonds is 4. The molecule has 0 aliphatic carbocycles. The Labute approximate surface area is 116 Å². The monoisotopic (exact) mass is 266 g/mol. The van der Waals surface area contributed by atoms with E-state index in [0.29, 0.717) is 22.9 Å². The molecule has 0 bridgehead atoms. The number of aryl methyl sites for hydroxylation is 1. The molecule has 0 heterocycles. The maximum absolute atomic E-state index is 12.2. The summed E-state index contributed by atoms with van der Waals surface area (Å²) >= 11 is 6.12. The van der Waals surface area contributed by atoms with Gasteiger partial charge in [-0.25, -0.2) is 0 Å². The Balaban J connectivity index is 2.71. The summed E-state index contributed by atoms with van der Waals surface area (Å²) in [6.07, 6.45) is 1.61. The molecule has 0 aliphatic heterocycles. The van der Waals surface area contributed by atoms with Crippen molar-refractivity contribution in [3.8, 4) is 0 Å². The molecule has 0 radical (unpaired) electrons. The van der Waals surface area contributed by atoms with Gasteiger partial charge >= 0.3 is 0 Å². The normalized spacial score (nSPS) is 13.4. The van der Waals surface area contributed by atoms with Crippen molar-refractivity contribution < 1.29 is 4.79 Å². The third kappa shape index (κ3) is 4.81. The molecule has 1 nitrogen and oxygen atoms in total. The molecule has 2 heteroatoms. The number of carbonyl (C=O) groups is 1. The van der Waals surface area contributed by atoms with Gasteiger partial charge in [0, 0.05) is 12.0 Å². The zero-order valence-electron chi connectivity index (χ0n) is 12.0. The maximum atomic E-state index is 12.2. The molecule has 0 N–H and O–H groups in total. The van der Waals surface area contributed by atoms with Crippen LogP contribution in [0.2, 0.25) is 5.02 Å². The molecule has 100 valence electrons. The van der Waals surface area contributed by atoms with Crippen LogP contribution in [0.15, 0.2) is 18.2 Å². The highest BCUT2D eigenvalue weighted by molar-refractivity contribution is 6.34. The van der Waals surface area contributed by atoms with Gasteiger partial charge in [-0.15, -0.1) is 0 Å². The van der Waals surface area contributed by atoms with Crippen LogP contribution in [0.3, 0.4) is 0 Å². The molecule has 0 spiro atoms. The quantitative estimate of drug-likeness (QED) is 0.677. The molecule has 1 aromatic carbocycles. The number of halogens is 1. The molecule has 0 saturated heterocycles. The summed E-state index contributed by atoms with van der Waals surface area (Å²) in [4.78, 5) is 12.2.